The number of likely N-dealkylation sites (tertiary alicyclic amines) is 1. The van der Waals surface area contributed by atoms with Gasteiger partial charge in [-0.1, -0.05) is 79.7 Å². The summed E-state index contributed by atoms with van der Waals surface area (Å²) in [6.45, 7) is 12.7. The molecule has 3 aliphatic rings. The Kier molecular flexibility index (Phi) is 10.8. The number of aliphatic hydroxyl groups excluding tert-OH is 1. The van der Waals surface area contributed by atoms with E-state index in [4.69, 9.17) is 9.47 Å². The summed E-state index contributed by atoms with van der Waals surface area (Å²) in [5.41, 5.74) is 0.310. The molecule has 0 aliphatic carbocycles. The van der Waals surface area contributed by atoms with Crippen molar-refractivity contribution in [1.82, 2.24) is 9.80 Å². The van der Waals surface area contributed by atoms with Crippen LogP contribution < -0.4 is 9.64 Å². The monoisotopic (exact) mass is 691 g/mol. The van der Waals surface area contributed by atoms with E-state index in [0.29, 0.717) is 50.3 Å². The number of benzene rings is 3. The molecule has 6 atom stereocenters. The number of anilines is 1. The minimum atomic E-state index is -1.26. The Labute approximate surface area is 301 Å². The molecule has 1 spiro atoms. The lowest BCUT2D eigenvalue weighted by molar-refractivity contribution is -0.156. The van der Waals surface area contributed by atoms with E-state index >= 15 is 14.4 Å². The van der Waals surface area contributed by atoms with E-state index in [1.807, 2.05) is 98.8 Å². The zero-order valence-electron chi connectivity index (χ0n) is 29.7. The molecule has 3 saturated heterocycles. The van der Waals surface area contributed by atoms with Gasteiger partial charge < -0.3 is 29.3 Å². The van der Waals surface area contributed by atoms with Crippen LogP contribution in [0, 0.1) is 11.8 Å². The number of hydrogen-bond acceptors (Lipinski definition) is 6. The molecule has 6 rings (SSSR count). The molecule has 0 aromatic heterocycles. The van der Waals surface area contributed by atoms with Crippen LogP contribution in [0.25, 0.3) is 0 Å². The highest BCUT2D eigenvalue weighted by Gasteiger charge is 2.79. The number of carbonyl (C=O) groups is 3. The fourth-order valence-electron chi connectivity index (χ4n) is 8.71. The van der Waals surface area contributed by atoms with Crippen LogP contribution in [0.15, 0.2) is 110 Å². The van der Waals surface area contributed by atoms with E-state index in [-0.39, 0.29) is 37.4 Å². The number of hydrogen-bond donors (Lipinski definition) is 1. The topological polar surface area (TPSA) is 99.6 Å². The summed E-state index contributed by atoms with van der Waals surface area (Å²) in [6, 6.07) is 24.9. The molecule has 3 aromatic carbocycles. The van der Waals surface area contributed by atoms with Gasteiger partial charge in [-0.05, 0) is 68.0 Å². The van der Waals surface area contributed by atoms with Gasteiger partial charge in [-0.2, -0.15) is 0 Å². The van der Waals surface area contributed by atoms with Crippen molar-refractivity contribution in [1.29, 1.82) is 0 Å². The third kappa shape index (κ3) is 6.49. The van der Waals surface area contributed by atoms with Crippen LogP contribution in [0.3, 0.4) is 0 Å². The van der Waals surface area contributed by atoms with Gasteiger partial charge in [0.25, 0.3) is 0 Å². The molecule has 3 fully saturated rings. The van der Waals surface area contributed by atoms with Crippen LogP contribution in [-0.4, -0.2) is 82.2 Å². The zero-order valence-corrected chi connectivity index (χ0v) is 29.7. The predicted molar refractivity (Wildman–Crippen MR) is 197 cm³/mol. The van der Waals surface area contributed by atoms with Gasteiger partial charge in [0.15, 0.2) is 0 Å². The van der Waals surface area contributed by atoms with Gasteiger partial charge in [-0.25, -0.2) is 0 Å². The Morgan fingerprint density at radius 2 is 1.59 bits per heavy atom. The second kappa shape index (κ2) is 15.3. The smallest absolute Gasteiger partial charge is 0.249 e. The van der Waals surface area contributed by atoms with Gasteiger partial charge in [0.2, 0.25) is 17.7 Å². The highest BCUT2D eigenvalue weighted by Crippen LogP contribution is 2.65. The van der Waals surface area contributed by atoms with E-state index in [2.05, 4.69) is 13.2 Å². The number of amides is 3. The summed E-state index contributed by atoms with van der Waals surface area (Å²) in [6.07, 6.45) is 5.15. The number of rotatable bonds is 16. The van der Waals surface area contributed by atoms with E-state index in [0.717, 1.165) is 11.1 Å². The Hall–Kier alpha value is -4.73. The van der Waals surface area contributed by atoms with Crippen molar-refractivity contribution in [3.63, 3.8) is 0 Å². The van der Waals surface area contributed by atoms with Gasteiger partial charge in [0.1, 0.15) is 17.4 Å². The van der Waals surface area contributed by atoms with E-state index in [1.165, 1.54) is 0 Å². The number of carbonyl (C=O) groups excluding carboxylic acids is 3. The molecule has 3 aliphatic heterocycles. The normalized spacial score (nSPS) is 25.3. The van der Waals surface area contributed by atoms with Gasteiger partial charge in [0.05, 0.1) is 36.7 Å². The number of aliphatic hydroxyl groups is 1. The SMILES string of the molecule is C=CCN(Cc1ccccc1)C(=O)C1N([C@@H](CO)Cc2ccccc2)C(=O)[C@@H]2[C@H](C(=O)N(CC=C)c3ccc(OCC)cc3)[C@]3(CC)CCC12O3. The maximum Gasteiger partial charge on any atom is 0.249 e. The van der Waals surface area contributed by atoms with Crippen LogP contribution in [0.5, 0.6) is 5.75 Å². The lowest BCUT2D eigenvalue weighted by Gasteiger charge is -2.39. The molecule has 9 heteroatoms. The van der Waals surface area contributed by atoms with Gasteiger partial charge in [-0.3, -0.25) is 14.4 Å². The first-order valence-corrected chi connectivity index (χ1v) is 18.0. The van der Waals surface area contributed by atoms with Gasteiger partial charge >= 0.3 is 0 Å². The predicted octanol–water partition coefficient (Wildman–Crippen LogP) is 5.58. The van der Waals surface area contributed by atoms with Crippen LogP contribution in [-0.2, 0) is 32.1 Å². The van der Waals surface area contributed by atoms with Gasteiger partial charge in [0, 0.05) is 25.3 Å². The van der Waals surface area contributed by atoms with E-state index in [1.54, 1.807) is 26.9 Å². The minimum absolute atomic E-state index is 0.223. The Morgan fingerprint density at radius 3 is 2.18 bits per heavy atom. The standard InChI is InChI=1S/C42H49N3O6/c1-5-25-43(28-31-17-13-10-14-18-31)40(49)37-42-24-23-41(7-3,51-42)35(38(47)44(26-6-2)32-19-21-34(22-20-32)50-8-4)36(42)39(48)45(37)33(29-46)27-30-15-11-9-12-16-30/h5-6,9-22,33,35-37,46H,1-2,7-8,23-29H2,3-4H3/t33-,35-,36+,37?,41+,42?/m1/s1. The third-order valence-corrected chi connectivity index (χ3v) is 11.0. The molecule has 1 N–H and O–H groups in total. The molecule has 268 valence electrons. The zero-order chi connectivity index (χ0) is 36.2. The molecule has 2 bridgehead atoms. The van der Waals surface area contributed by atoms with Gasteiger partial charge in [-0.15, -0.1) is 13.2 Å². The van der Waals surface area contributed by atoms with Crippen LogP contribution in [0.1, 0.15) is 44.2 Å². The molecule has 3 amide bonds. The summed E-state index contributed by atoms with van der Waals surface area (Å²) in [5.74, 6) is -1.94. The first kappa shape index (κ1) is 36.1. The van der Waals surface area contributed by atoms with Crippen molar-refractivity contribution in [2.24, 2.45) is 11.8 Å². The van der Waals surface area contributed by atoms with Crippen molar-refractivity contribution < 1.29 is 29.0 Å². The Balaban J connectivity index is 1.45. The fraction of sp³-hybridized carbons (Fsp3) is 0.405. The number of nitrogens with zero attached hydrogens (tertiary/aromatic N) is 3. The van der Waals surface area contributed by atoms with E-state index in [9.17, 15) is 5.11 Å². The second-order valence-corrected chi connectivity index (χ2v) is 13.8. The molecule has 3 aromatic rings. The summed E-state index contributed by atoms with van der Waals surface area (Å²) in [4.78, 5) is 50.2. The Morgan fingerprint density at radius 1 is 0.941 bits per heavy atom. The first-order valence-electron chi connectivity index (χ1n) is 18.0. The highest BCUT2D eigenvalue weighted by molar-refractivity contribution is 6.03. The molecule has 3 heterocycles. The quantitative estimate of drug-likeness (QED) is 0.197. The molecule has 9 nitrogen and oxygen atoms in total. The average Bonchev–Trinajstić information content (AvgIpc) is 3.77. The summed E-state index contributed by atoms with van der Waals surface area (Å²) in [5, 5.41) is 10.9. The highest BCUT2D eigenvalue weighted by atomic mass is 16.5. The fourth-order valence-corrected chi connectivity index (χ4v) is 8.71. The third-order valence-electron chi connectivity index (χ3n) is 11.0. The first-order chi connectivity index (χ1) is 24.8. The molecule has 51 heavy (non-hydrogen) atoms. The average molecular weight is 692 g/mol. The van der Waals surface area contributed by atoms with Crippen molar-refractivity contribution >= 4 is 23.4 Å². The molecule has 0 saturated carbocycles. The van der Waals surface area contributed by atoms with Crippen molar-refractivity contribution in [3.05, 3.63) is 121 Å². The second-order valence-electron chi connectivity index (χ2n) is 13.8. The van der Waals surface area contributed by atoms with Crippen LogP contribution >= 0.6 is 0 Å². The summed E-state index contributed by atoms with van der Waals surface area (Å²) in [7, 11) is 0. The van der Waals surface area contributed by atoms with Crippen LogP contribution in [0.2, 0.25) is 0 Å². The lowest BCUT2D eigenvalue weighted by Crippen LogP contribution is -2.59. The van der Waals surface area contributed by atoms with Crippen molar-refractivity contribution in [2.75, 3.05) is 31.2 Å². The van der Waals surface area contributed by atoms with Crippen molar-refractivity contribution in [2.45, 2.75) is 69.4 Å². The number of fused-ring (bicyclic) bond motifs is 1. The van der Waals surface area contributed by atoms with Crippen LogP contribution in [0.4, 0.5) is 5.69 Å². The molecular weight excluding hydrogens is 642 g/mol. The molecular formula is C42H49N3O6. The largest absolute Gasteiger partial charge is 0.494 e. The summed E-state index contributed by atoms with van der Waals surface area (Å²) < 4.78 is 12.8. The lowest BCUT2D eigenvalue weighted by atomic mass is 9.64. The number of ether oxygens (including phenoxy) is 2. The molecule has 2 unspecified atom stereocenters. The maximum atomic E-state index is 15.2. The van der Waals surface area contributed by atoms with Crippen molar-refractivity contribution in [3.8, 4) is 5.75 Å². The minimum Gasteiger partial charge on any atom is -0.494 e. The Bertz CT molecular complexity index is 1720. The maximum absolute atomic E-state index is 15.2. The van der Waals surface area contributed by atoms with E-state index < -0.39 is 35.1 Å². The molecule has 0 radical (unpaired) electrons. The summed E-state index contributed by atoms with van der Waals surface area (Å²) >= 11 is 0.